The van der Waals surface area contributed by atoms with Gasteiger partial charge in [-0.15, -0.1) is 0 Å². The molecular formula is C25H40N4O4S. The largest absolute Gasteiger partial charge is 0.343 e. The molecule has 1 aliphatic carbocycles. The van der Waals surface area contributed by atoms with Crippen LogP contribution in [0.2, 0.25) is 0 Å². The van der Waals surface area contributed by atoms with Gasteiger partial charge in [-0.05, 0) is 49.8 Å². The fourth-order valence-electron chi connectivity index (χ4n) is 4.88. The number of nitrogens with one attached hydrogen (secondary N) is 2. The van der Waals surface area contributed by atoms with Gasteiger partial charge in [-0.3, -0.25) is 4.79 Å². The maximum atomic E-state index is 12.7. The zero-order valence-electron chi connectivity index (χ0n) is 20.6. The number of hydrogen-bond acceptors (Lipinski definition) is 4. The van der Waals surface area contributed by atoms with Gasteiger partial charge < -0.3 is 15.5 Å². The molecule has 3 amide bonds. The van der Waals surface area contributed by atoms with Gasteiger partial charge in [0.05, 0.1) is 4.90 Å². The van der Waals surface area contributed by atoms with Gasteiger partial charge in [-0.2, -0.15) is 4.31 Å². The second-order valence-electron chi connectivity index (χ2n) is 9.34. The van der Waals surface area contributed by atoms with Crippen LogP contribution in [0.15, 0.2) is 29.2 Å². The lowest BCUT2D eigenvalue weighted by molar-refractivity contribution is -0.132. The minimum absolute atomic E-state index is 0.0804. The van der Waals surface area contributed by atoms with E-state index in [2.05, 4.69) is 10.6 Å². The minimum atomic E-state index is -3.47. The maximum Gasteiger partial charge on any atom is 0.315 e. The number of benzene rings is 1. The second-order valence-corrected chi connectivity index (χ2v) is 11.3. The van der Waals surface area contributed by atoms with Gasteiger partial charge in [-0.1, -0.05) is 45.2 Å². The molecule has 34 heavy (non-hydrogen) atoms. The van der Waals surface area contributed by atoms with Gasteiger partial charge in [0, 0.05) is 44.7 Å². The summed E-state index contributed by atoms with van der Waals surface area (Å²) in [6.45, 7) is 5.82. The van der Waals surface area contributed by atoms with Crippen molar-refractivity contribution in [1.82, 2.24) is 19.8 Å². The third-order valence-electron chi connectivity index (χ3n) is 7.02. The zero-order valence-corrected chi connectivity index (χ0v) is 21.4. The first-order valence-electron chi connectivity index (χ1n) is 12.8. The molecular weight excluding hydrogens is 452 g/mol. The highest BCUT2D eigenvalue weighted by atomic mass is 32.2. The standard InChI is InChI=1S/C25H40N4O4S/c1-3-29(4-2)34(32,33)23-13-10-20(11-14-23)12-15-24(30)28-18-16-22(17-19-28)27-25(31)26-21-8-6-5-7-9-21/h10-11,13-14,21-22H,3-9,12,15-19H2,1-2H3,(H2,26,27,31). The van der Waals surface area contributed by atoms with Gasteiger partial charge in [0.2, 0.25) is 15.9 Å². The summed E-state index contributed by atoms with van der Waals surface area (Å²) in [5, 5.41) is 6.17. The molecule has 1 aromatic rings. The number of urea groups is 1. The van der Waals surface area contributed by atoms with Crippen LogP contribution in [0.1, 0.15) is 70.8 Å². The highest BCUT2D eigenvalue weighted by molar-refractivity contribution is 7.89. The maximum absolute atomic E-state index is 12.7. The van der Waals surface area contributed by atoms with Gasteiger partial charge in [0.15, 0.2) is 0 Å². The molecule has 0 bridgehead atoms. The number of aryl methyl sites for hydroxylation is 1. The predicted octanol–water partition coefficient (Wildman–Crippen LogP) is 3.27. The van der Waals surface area contributed by atoms with E-state index in [4.69, 9.17) is 0 Å². The lowest BCUT2D eigenvalue weighted by Gasteiger charge is -2.33. The first-order chi connectivity index (χ1) is 16.3. The van der Waals surface area contributed by atoms with Crippen molar-refractivity contribution in [1.29, 1.82) is 0 Å². The smallest absolute Gasteiger partial charge is 0.315 e. The summed E-state index contributed by atoms with van der Waals surface area (Å²) in [6, 6.07) is 7.17. The van der Waals surface area contributed by atoms with Gasteiger partial charge in [-0.25, -0.2) is 13.2 Å². The van der Waals surface area contributed by atoms with Crippen molar-refractivity contribution in [3.8, 4) is 0 Å². The van der Waals surface area contributed by atoms with E-state index in [-0.39, 0.29) is 22.9 Å². The Bertz CT molecular complexity index is 901. The summed E-state index contributed by atoms with van der Waals surface area (Å²) in [7, 11) is -3.47. The van der Waals surface area contributed by atoms with Crippen molar-refractivity contribution in [2.75, 3.05) is 26.2 Å². The molecule has 0 unspecified atom stereocenters. The van der Waals surface area contributed by atoms with Gasteiger partial charge >= 0.3 is 6.03 Å². The van der Waals surface area contributed by atoms with Crippen molar-refractivity contribution in [2.45, 2.75) is 88.6 Å². The number of hydrogen-bond donors (Lipinski definition) is 2. The molecule has 2 fully saturated rings. The van der Waals surface area contributed by atoms with Gasteiger partial charge in [0.25, 0.3) is 0 Å². The molecule has 2 aliphatic rings. The number of rotatable bonds is 9. The average molecular weight is 493 g/mol. The molecule has 1 saturated heterocycles. The van der Waals surface area contributed by atoms with Crippen molar-refractivity contribution < 1.29 is 18.0 Å². The number of piperidine rings is 1. The van der Waals surface area contributed by atoms with E-state index in [9.17, 15) is 18.0 Å². The highest BCUT2D eigenvalue weighted by Crippen LogP contribution is 2.19. The monoisotopic (exact) mass is 492 g/mol. The van der Waals surface area contributed by atoms with Crippen LogP contribution in [-0.4, -0.2) is 67.8 Å². The Kier molecular flexibility index (Phi) is 9.76. The molecule has 3 rings (SSSR count). The molecule has 8 nitrogen and oxygen atoms in total. The summed E-state index contributed by atoms with van der Waals surface area (Å²) < 4.78 is 26.6. The number of likely N-dealkylation sites (tertiary alicyclic amines) is 1. The third kappa shape index (κ3) is 7.18. The Balaban J connectivity index is 1.40. The van der Waals surface area contributed by atoms with Crippen LogP contribution in [0.4, 0.5) is 4.79 Å². The van der Waals surface area contributed by atoms with E-state index in [1.807, 2.05) is 18.7 Å². The summed E-state index contributed by atoms with van der Waals surface area (Å²) in [6.07, 6.45) is 8.26. The number of carbonyl (C=O) groups excluding carboxylic acids is 2. The Morgan fingerprint density at radius 3 is 2.03 bits per heavy atom. The Labute approximate surface area is 204 Å². The van der Waals surface area contributed by atoms with Crippen molar-refractivity contribution in [3.63, 3.8) is 0 Å². The van der Waals surface area contributed by atoms with E-state index < -0.39 is 10.0 Å². The molecule has 1 saturated carbocycles. The lowest BCUT2D eigenvalue weighted by atomic mass is 9.96. The normalized spacial score (nSPS) is 18.1. The number of sulfonamides is 1. The minimum Gasteiger partial charge on any atom is -0.343 e. The van der Waals surface area contributed by atoms with Crippen molar-refractivity contribution in [3.05, 3.63) is 29.8 Å². The van der Waals surface area contributed by atoms with Crippen LogP contribution in [0, 0.1) is 0 Å². The fourth-order valence-corrected chi connectivity index (χ4v) is 6.34. The zero-order chi connectivity index (χ0) is 24.6. The fraction of sp³-hybridized carbons (Fsp3) is 0.680. The quantitative estimate of drug-likeness (QED) is 0.553. The first kappa shape index (κ1) is 26.5. The summed E-state index contributed by atoms with van der Waals surface area (Å²) in [5.41, 5.74) is 0.947. The van der Waals surface area contributed by atoms with E-state index >= 15 is 0 Å². The van der Waals surface area contributed by atoms with E-state index in [1.54, 1.807) is 24.3 Å². The van der Waals surface area contributed by atoms with Crippen LogP contribution in [0.5, 0.6) is 0 Å². The SMILES string of the molecule is CCN(CC)S(=O)(=O)c1ccc(CCC(=O)N2CCC(NC(=O)NC3CCCCC3)CC2)cc1. The summed E-state index contributed by atoms with van der Waals surface area (Å²) in [4.78, 5) is 27.1. The van der Waals surface area contributed by atoms with Crippen LogP contribution in [0.25, 0.3) is 0 Å². The van der Waals surface area contributed by atoms with E-state index in [0.717, 1.165) is 31.2 Å². The molecule has 0 radical (unpaired) electrons. The molecule has 1 heterocycles. The van der Waals surface area contributed by atoms with Crippen molar-refractivity contribution >= 4 is 22.0 Å². The number of amides is 3. The Morgan fingerprint density at radius 2 is 1.47 bits per heavy atom. The molecule has 190 valence electrons. The summed E-state index contributed by atoms with van der Waals surface area (Å²) >= 11 is 0. The topological polar surface area (TPSA) is 98.8 Å². The van der Waals surface area contributed by atoms with E-state index in [0.29, 0.717) is 45.1 Å². The average Bonchev–Trinajstić information content (AvgIpc) is 2.84. The molecule has 1 aliphatic heterocycles. The molecule has 2 N–H and O–H groups in total. The van der Waals surface area contributed by atoms with Crippen LogP contribution in [0.3, 0.4) is 0 Å². The highest BCUT2D eigenvalue weighted by Gasteiger charge is 2.25. The summed E-state index contributed by atoms with van der Waals surface area (Å²) in [5.74, 6) is 0.102. The van der Waals surface area contributed by atoms with Crippen LogP contribution < -0.4 is 10.6 Å². The Hall–Kier alpha value is -2.13. The third-order valence-corrected chi connectivity index (χ3v) is 9.08. The molecule has 9 heteroatoms. The van der Waals surface area contributed by atoms with Crippen molar-refractivity contribution in [2.24, 2.45) is 0 Å². The number of carbonyl (C=O) groups is 2. The second kappa shape index (κ2) is 12.5. The van der Waals surface area contributed by atoms with E-state index in [1.165, 1.54) is 23.6 Å². The predicted molar refractivity (Wildman–Crippen MR) is 133 cm³/mol. The lowest BCUT2D eigenvalue weighted by Crippen LogP contribution is -2.51. The number of nitrogens with zero attached hydrogens (tertiary/aromatic N) is 2. The molecule has 0 spiro atoms. The molecule has 1 aromatic carbocycles. The Morgan fingerprint density at radius 1 is 0.912 bits per heavy atom. The molecule has 0 atom stereocenters. The van der Waals surface area contributed by atoms with Crippen LogP contribution in [-0.2, 0) is 21.2 Å². The molecule has 0 aromatic heterocycles. The first-order valence-corrected chi connectivity index (χ1v) is 14.2. The van der Waals surface area contributed by atoms with Crippen LogP contribution >= 0.6 is 0 Å². The van der Waals surface area contributed by atoms with Gasteiger partial charge in [0.1, 0.15) is 0 Å².